The first-order chi connectivity index (χ1) is 10.3. The number of imidazole rings is 1. The SMILES string of the molecule is COc1ccc2c(c1)nc(CN)n2CCN1CCOCC1. The summed E-state index contributed by atoms with van der Waals surface area (Å²) in [4.78, 5) is 7.03. The molecule has 0 amide bonds. The van der Waals surface area contributed by atoms with E-state index < -0.39 is 0 Å². The first-order valence-electron chi connectivity index (χ1n) is 7.35. The maximum absolute atomic E-state index is 5.85. The van der Waals surface area contributed by atoms with E-state index in [2.05, 4.69) is 20.5 Å². The lowest BCUT2D eigenvalue weighted by Gasteiger charge is -2.26. The highest BCUT2D eigenvalue weighted by molar-refractivity contribution is 5.77. The molecule has 2 heterocycles. The topological polar surface area (TPSA) is 65.5 Å². The van der Waals surface area contributed by atoms with Gasteiger partial charge in [-0.15, -0.1) is 0 Å². The average molecular weight is 290 g/mol. The summed E-state index contributed by atoms with van der Waals surface area (Å²) in [5, 5.41) is 0. The Balaban J connectivity index is 1.82. The van der Waals surface area contributed by atoms with Crippen molar-refractivity contribution in [2.45, 2.75) is 13.1 Å². The standard InChI is InChI=1S/C15H22N4O2/c1-20-12-2-3-14-13(10-12)17-15(11-16)19(14)5-4-18-6-8-21-9-7-18/h2-3,10H,4-9,11,16H2,1H3. The quantitative estimate of drug-likeness (QED) is 0.884. The number of nitrogens with zero attached hydrogens (tertiary/aromatic N) is 3. The van der Waals surface area contributed by atoms with E-state index >= 15 is 0 Å². The molecule has 0 radical (unpaired) electrons. The third kappa shape index (κ3) is 3.02. The van der Waals surface area contributed by atoms with Gasteiger partial charge in [-0.2, -0.15) is 0 Å². The van der Waals surface area contributed by atoms with E-state index in [4.69, 9.17) is 15.2 Å². The Kier molecular flexibility index (Phi) is 4.38. The molecule has 2 N–H and O–H groups in total. The fourth-order valence-corrected chi connectivity index (χ4v) is 2.76. The van der Waals surface area contributed by atoms with E-state index in [1.165, 1.54) is 0 Å². The molecule has 1 aliphatic heterocycles. The Morgan fingerprint density at radius 3 is 2.81 bits per heavy atom. The van der Waals surface area contributed by atoms with Gasteiger partial charge >= 0.3 is 0 Å². The van der Waals surface area contributed by atoms with Gasteiger partial charge in [0.1, 0.15) is 11.6 Å². The molecule has 0 aliphatic carbocycles. The molecule has 0 atom stereocenters. The molecular weight excluding hydrogens is 268 g/mol. The third-order valence-electron chi connectivity index (χ3n) is 3.96. The largest absolute Gasteiger partial charge is 0.497 e. The minimum absolute atomic E-state index is 0.445. The van der Waals surface area contributed by atoms with Crippen LogP contribution in [0.5, 0.6) is 5.75 Å². The lowest BCUT2D eigenvalue weighted by Crippen LogP contribution is -2.38. The highest BCUT2D eigenvalue weighted by Crippen LogP contribution is 2.21. The number of hydrogen-bond donors (Lipinski definition) is 1. The van der Waals surface area contributed by atoms with Crippen LogP contribution < -0.4 is 10.5 Å². The van der Waals surface area contributed by atoms with E-state index in [0.29, 0.717) is 6.54 Å². The minimum atomic E-state index is 0.445. The van der Waals surface area contributed by atoms with Crippen LogP contribution in [0, 0.1) is 0 Å². The lowest BCUT2D eigenvalue weighted by atomic mass is 10.3. The van der Waals surface area contributed by atoms with Crippen molar-refractivity contribution >= 4 is 11.0 Å². The fraction of sp³-hybridized carbons (Fsp3) is 0.533. The molecular formula is C15H22N4O2. The molecule has 114 valence electrons. The highest BCUT2D eigenvalue weighted by atomic mass is 16.5. The summed E-state index contributed by atoms with van der Waals surface area (Å²) in [5.74, 6) is 1.75. The second-order valence-corrected chi connectivity index (χ2v) is 5.19. The van der Waals surface area contributed by atoms with Crippen molar-refractivity contribution in [2.24, 2.45) is 5.73 Å². The van der Waals surface area contributed by atoms with Crippen LogP contribution in [-0.2, 0) is 17.8 Å². The van der Waals surface area contributed by atoms with Gasteiger partial charge in [0.05, 0.1) is 37.9 Å². The summed E-state index contributed by atoms with van der Waals surface area (Å²) < 4.78 is 12.9. The summed E-state index contributed by atoms with van der Waals surface area (Å²) in [6, 6.07) is 5.98. The Labute approximate surface area is 124 Å². The van der Waals surface area contributed by atoms with Gasteiger partial charge in [0.25, 0.3) is 0 Å². The van der Waals surface area contributed by atoms with Crippen LogP contribution in [0.2, 0.25) is 0 Å². The Hall–Kier alpha value is -1.63. The summed E-state index contributed by atoms with van der Waals surface area (Å²) in [7, 11) is 1.67. The molecule has 6 nitrogen and oxygen atoms in total. The number of fused-ring (bicyclic) bond motifs is 1. The summed E-state index contributed by atoms with van der Waals surface area (Å²) >= 11 is 0. The average Bonchev–Trinajstić information content (AvgIpc) is 2.90. The van der Waals surface area contributed by atoms with Crippen molar-refractivity contribution in [2.75, 3.05) is 40.0 Å². The van der Waals surface area contributed by atoms with Crippen LogP contribution in [0.3, 0.4) is 0 Å². The fourth-order valence-electron chi connectivity index (χ4n) is 2.76. The van der Waals surface area contributed by atoms with Gasteiger partial charge < -0.3 is 19.8 Å². The molecule has 1 aromatic carbocycles. The predicted octanol–water partition coefficient (Wildman–Crippen LogP) is 0.836. The molecule has 1 fully saturated rings. The van der Waals surface area contributed by atoms with Crippen molar-refractivity contribution < 1.29 is 9.47 Å². The Bertz CT molecular complexity index is 605. The number of morpholine rings is 1. The van der Waals surface area contributed by atoms with Crippen LogP contribution in [0.25, 0.3) is 11.0 Å². The number of ether oxygens (including phenoxy) is 2. The maximum atomic E-state index is 5.85. The Morgan fingerprint density at radius 2 is 2.10 bits per heavy atom. The monoisotopic (exact) mass is 290 g/mol. The minimum Gasteiger partial charge on any atom is -0.497 e. The number of benzene rings is 1. The second kappa shape index (κ2) is 6.43. The van der Waals surface area contributed by atoms with Gasteiger partial charge in [0, 0.05) is 32.2 Å². The molecule has 2 aromatic rings. The van der Waals surface area contributed by atoms with Crippen molar-refractivity contribution in [3.8, 4) is 5.75 Å². The maximum Gasteiger partial charge on any atom is 0.123 e. The smallest absolute Gasteiger partial charge is 0.123 e. The van der Waals surface area contributed by atoms with Gasteiger partial charge in [-0.05, 0) is 12.1 Å². The van der Waals surface area contributed by atoms with E-state index in [-0.39, 0.29) is 0 Å². The summed E-state index contributed by atoms with van der Waals surface area (Å²) in [5.41, 5.74) is 7.90. The van der Waals surface area contributed by atoms with Crippen molar-refractivity contribution in [1.29, 1.82) is 0 Å². The molecule has 0 saturated carbocycles. The zero-order valence-electron chi connectivity index (χ0n) is 12.4. The number of methoxy groups -OCH3 is 1. The molecule has 21 heavy (non-hydrogen) atoms. The molecule has 0 spiro atoms. The zero-order valence-corrected chi connectivity index (χ0v) is 12.4. The molecule has 1 aromatic heterocycles. The first-order valence-corrected chi connectivity index (χ1v) is 7.35. The van der Waals surface area contributed by atoms with Gasteiger partial charge in [0.2, 0.25) is 0 Å². The van der Waals surface area contributed by atoms with E-state index in [1.807, 2.05) is 12.1 Å². The van der Waals surface area contributed by atoms with Crippen LogP contribution in [0.1, 0.15) is 5.82 Å². The van der Waals surface area contributed by atoms with Gasteiger partial charge in [-0.1, -0.05) is 0 Å². The predicted molar refractivity (Wildman–Crippen MR) is 81.4 cm³/mol. The number of aromatic nitrogens is 2. The normalized spacial score (nSPS) is 16.5. The van der Waals surface area contributed by atoms with Gasteiger partial charge in [0.15, 0.2) is 0 Å². The molecule has 1 aliphatic rings. The lowest BCUT2D eigenvalue weighted by molar-refractivity contribution is 0.0364. The Morgan fingerprint density at radius 1 is 1.29 bits per heavy atom. The van der Waals surface area contributed by atoms with Crippen LogP contribution in [0.4, 0.5) is 0 Å². The number of nitrogens with two attached hydrogens (primary N) is 1. The number of rotatable bonds is 5. The van der Waals surface area contributed by atoms with E-state index in [9.17, 15) is 0 Å². The van der Waals surface area contributed by atoms with E-state index in [1.54, 1.807) is 7.11 Å². The molecule has 0 bridgehead atoms. The van der Waals surface area contributed by atoms with Crippen LogP contribution in [-0.4, -0.2) is 54.4 Å². The summed E-state index contributed by atoms with van der Waals surface area (Å²) in [6.45, 7) is 5.98. The number of hydrogen-bond acceptors (Lipinski definition) is 5. The first kappa shape index (κ1) is 14.3. The second-order valence-electron chi connectivity index (χ2n) is 5.19. The summed E-state index contributed by atoms with van der Waals surface area (Å²) in [6.07, 6.45) is 0. The van der Waals surface area contributed by atoms with Crippen molar-refractivity contribution in [1.82, 2.24) is 14.5 Å². The zero-order chi connectivity index (χ0) is 14.7. The van der Waals surface area contributed by atoms with Crippen LogP contribution >= 0.6 is 0 Å². The molecule has 3 rings (SSSR count). The van der Waals surface area contributed by atoms with Gasteiger partial charge in [-0.25, -0.2) is 4.98 Å². The van der Waals surface area contributed by atoms with Crippen molar-refractivity contribution in [3.05, 3.63) is 24.0 Å². The molecule has 0 unspecified atom stereocenters. The van der Waals surface area contributed by atoms with Crippen LogP contribution in [0.15, 0.2) is 18.2 Å². The van der Waals surface area contributed by atoms with Gasteiger partial charge in [-0.3, -0.25) is 4.90 Å². The highest BCUT2D eigenvalue weighted by Gasteiger charge is 2.14. The van der Waals surface area contributed by atoms with Crippen molar-refractivity contribution in [3.63, 3.8) is 0 Å². The van der Waals surface area contributed by atoms with E-state index in [0.717, 1.165) is 62.0 Å². The molecule has 6 heteroatoms. The molecule has 1 saturated heterocycles. The third-order valence-corrected chi connectivity index (χ3v) is 3.96.